The van der Waals surface area contributed by atoms with Gasteiger partial charge in [-0.2, -0.15) is 0 Å². The Morgan fingerprint density at radius 3 is 2.33 bits per heavy atom. The van der Waals surface area contributed by atoms with Crippen LogP contribution in [0, 0.1) is 0 Å². The summed E-state index contributed by atoms with van der Waals surface area (Å²) >= 11 is 0. The van der Waals surface area contributed by atoms with Crippen LogP contribution < -0.4 is 0 Å². The minimum Gasteiger partial charge on any atom is -0.390 e. The summed E-state index contributed by atoms with van der Waals surface area (Å²) in [5.41, 5.74) is 0. The fourth-order valence-electron chi connectivity index (χ4n) is 3.85. The monoisotopic (exact) mass is 338 g/mol. The van der Waals surface area contributed by atoms with Crippen LogP contribution in [0.5, 0.6) is 0 Å². The lowest BCUT2D eigenvalue weighted by Gasteiger charge is -2.35. The molecule has 0 aromatic rings. The zero-order chi connectivity index (χ0) is 17.1. The second-order valence-corrected chi connectivity index (χ2v) is 7.22. The van der Waals surface area contributed by atoms with E-state index in [1.165, 1.54) is 0 Å². The molecule has 3 fully saturated rings. The Bertz CT molecular complexity index is 502. The normalized spacial score (nSPS) is 38.4. The van der Waals surface area contributed by atoms with Gasteiger partial charge in [0.25, 0.3) is 0 Å². The van der Waals surface area contributed by atoms with E-state index in [0.717, 1.165) is 12.8 Å². The summed E-state index contributed by atoms with van der Waals surface area (Å²) in [6.07, 6.45) is 3.24. The number of rotatable bonds is 4. The van der Waals surface area contributed by atoms with Crippen molar-refractivity contribution < 1.29 is 29.0 Å². The molecule has 0 heterocycles. The molecule has 24 heavy (non-hydrogen) atoms. The standard InChI is InChI=1S/C18H26O6/c19-11-5-7-14(21)18(9-11)23-12-6-8-17(15(22)10-12)24-16-4-2-1-3-13(16)20/h12,14,16-18,21H,1-10H2. The van der Waals surface area contributed by atoms with Crippen LogP contribution in [0.1, 0.15) is 64.2 Å². The highest BCUT2D eigenvalue weighted by Gasteiger charge is 2.37. The van der Waals surface area contributed by atoms with Gasteiger partial charge in [0.2, 0.25) is 0 Å². The van der Waals surface area contributed by atoms with Gasteiger partial charge in [-0.3, -0.25) is 14.4 Å². The highest BCUT2D eigenvalue weighted by Crippen LogP contribution is 2.28. The Morgan fingerprint density at radius 2 is 1.58 bits per heavy atom. The molecule has 134 valence electrons. The summed E-state index contributed by atoms with van der Waals surface area (Å²) in [6, 6.07) is 0. The van der Waals surface area contributed by atoms with Crippen molar-refractivity contribution >= 4 is 17.3 Å². The average Bonchev–Trinajstić information content (AvgIpc) is 2.55. The molecular weight excluding hydrogens is 312 g/mol. The third-order valence-corrected chi connectivity index (χ3v) is 5.31. The summed E-state index contributed by atoms with van der Waals surface area (Å²) in [5.74, 6) is 0.168. The van der Waals surface area contributed by atoms with Crippen molar-refractivity contribution in [2.24, 2.45) is 0 Å². The molecule has 0 amide bonds. The van der Waals surface area contributed by atoms with Crippen LogP contribution >= 0.6 is 0 Å². The Labute approximate surface area is 141 Å². The first-order chi connectivity index (χ1) is 11.5. The van der Waals surface area contributed by atoms with Crippen molar-refractivity contribution in [2.75, 3.05) is 0 Å². The number of carbonyl (C=O) groups excluding carboxylic acids is 3. The van der Waals surface area contributed by atoms with Gasteiger partial charge in [0.05, 0.1) is 18.3 Å². The van der Waals surface area contributed by atoms with Gasteiger partial charge in [-0.25, -0.2) is 0 Å². The Hall–Kier alpha value is -1.11. The largest absolute Gasteiger partial charge is 0.390 e. The second kappa shape index (κ2) is 7.85. The summed E-state index contributed by atoms with van der Waals surface area (Å²) in [4.78, 5) is 35.7. The van der Waals surface area contributed by atoms with Crippen LogP contribution in [0.2, 0.25) is 0 Å². The Morgan fingerprint density at radius 1 is 0.792 bits per heavy atom. The fraction of sp³-hybridized carbons (Fsp3) is 0.833. The smallest absolute Gasteiger partial charge is 0.164 e. The molecule has 0 spiro atoms. The van der Waals surface area contributed by atoms with Gasteiger partial charge >= 0.3 is 0 Å². The minimum atomic E-state index is -0.633. The van der Waals surface area contributed by atoms with Gasteiger partial charge in [0, 0.05) is 25.7 Å². The first-order valence-corrected chi connectivity index (χ1v) is 9.09. The van der Waals surface area contributed by atoms with Crippen LogP contribution in [-0.4, -0.2) is 53.0 Å². The molecular formula is C18H26O6. The number of ketones is 3. The van der Waals surface area contributed by atoms with Gasteiger partial charge in [-0.1, -0.05) is 0 Å². The molecule has 3 aliphatic carbocycles. The van der Waals surface area contributed by atoms with Crippen LogP contribution in [0.15, 0.2) is 0 Å². The topological polar surface area (TPSA) is 89.9 Å². The SMILES string of the molecule is O=C1CCC(O)C(OC2CCC(OC3CCCCC3=O)C(=O)C2)C1. The number of aliphatic hydroxyl groups excluding tert-OH is 1. The van der Waals surface area contributed by atoms with E-state index in [1.807, 2.05) is 0 Å². The number of ether oxygens (including phenoxy) is 2. The lowest BCUT2D eigenvalue weighted by atomic mass is 9.90. The molecule has 5 atom stereocenters. The lowest BCUT2D eigenvalue weighted by molar-refractivity contribution is -0.158. The predicted molar refractivity (Wildman–Crippen MR) is 84.5 cm³/mol. The van der Waals surface area contributed by atoms with E-state index in [9.17, 15) is 19.5 Å². The van der Waals surface area contributed by atoms with Gasteiger partial charge in [0.1, 0.15) is 18.0 Å². The average molecular weight is 338 g/mol. The summed E-state index contributed by atoms with van der Waals surface area (Å²) in [6.45, 7) is 0. The highest BCUT2D eigenvalue weighted by molar-refractivity contribution is 5.86. The number of hydrogen-bond donors (Lipinski definition) is 1. The summed E-state index contributed by atoms with van der Waals surface area (Å²) < 4.78 is 11.6. The van der Waals surface area contributed by atoms with Crippen molar-refractivity contribution in [2.45, 2.75) is 94.7 Å². The molecule has 6 nitrogen and oxygen atoms in total. The second-order valence-electron chi connectivity index (χ2n) is 7.22. The van der Waals surface area contributed by atoms with Crippen LogP contribution in [0.4, 0.5) is 0 Å². The van der Waals surface area contributed by atoms with E-state index in [2.05, 4.69) is 0 Å². The van der Waals surface area contributed by atoms with Crippen molar-refractivity contribution in [3.8, 4) is 0 Å². The van der Waals surface area contributed by atoms with Crippen molar-refractivity contribution in [3.63, 3.8) is 0 Å². The molecule has 0 radical (unpaired) electrons. The molecule has 3 saturated carbocycles. The highest BCUT2D eigenvalue weighted by atomic mass is 16.5. The van der Waals surface area contributed by atoms with Crippen molar-refractivity contribution in [1.82, 2.24) is 0 Å². The molecule has 0 aromatic carbocycles. The maximum atomic E-state index is 12.3. The van der Waals surface area contributed by atoms with Gasteiger partial charge in [0.15, 0.2) is 11.6 Å². The zero-order valence-corrected chi connectivity index (χ0v) is 13.9. The van der Waals surface area contributed by atoms with E-state index in [-0.39, 0.29) is 36.3 Å². The minimum absolute atomic E-state index is 0.0405. The third-order valence-electron chi connectivity index (χ3n) is 5.31. The predicted octanol–water partition coefficient (Wildman–Crippen LogP) is 1.50. The first kappa shape index (κ1) is 17.7. The number of Topliss-reactive ketones (excluding diaryl/α,β-unsaturated/α-hetero) is 3. The quantitative estimate of drug-likeness (QED) is 0.835. The van der Waals surface area contributed by atoms with Gasteiger partial charge in [-0.05, 0) is 38.5 Å². The third kappa shape index (κ3) is 4.29. The summed E-state index contributed by atoms with van der Waals surface area (Å²) in [5, 5.41) is 9.96. The molecule has 3 aliphatic rings. The van der Waals surface area contributed by atoms with Gasteiger partial charge in [-0.15, -0.1) is 0 Å². The van der Waals surface area contributed by atoms with Crippen molar-refractivity contribution in [3.05, 3.63) is 0 Å². The maximum Gasteiger partial charge on any atom is 0.164 e. The Kier molecular flexibility index (Phi) is 5.79. The molecule has 5 unspecified atom stereocenters. The zero-order valence-electron chi connectivity index (χ0n) is 13.9. The van der Waals surface area contributed by atoms with Crippen LogP contribution in [0.3, 0.4) is 0 Å². The molecule has 0 bridgehead atoms. The number of hydrogen-bond acceptors (Lipinski definition) is 6. The number of carbonyl (C=O) groups is 3. The van der Waals surface area contributed by atoms with Crippen LogP contribution in [0.25, 0.3) is 0 Å². The molecule has 0 aromatic heterocycles. The molecule has 0 saturated heterocycles. The molecule has 3 rings (SSSR count). The van der Waals surface area contributed by atoms with Gasteiger partial charge < -0.3 is 14.6 Å². The van der Waals surface area contributed by atoms with Crippen LogP contribution in [-0.2, 0) is 23.9 Å². The Balaban J connectivity index is 1.49. The molecule has 0 aliphatic heterocycles. The van der Waals surface area contributed by atoms with E-state index < -0.39 is 24.4 Å². The van der Waals surface area contributed by atoms with E-state index in [0.29, 0.717) is 38.5 Å². The summed E-state index contributed by atoms with van der Waals surface area (Å²) in [7, 11) is 0. The van der Waals surface area contributed by atoms with E-state index in [1.54, 1.807) is 0 Å². The van der Waals surface area contributed by atoms with Crippen molar-refractivity contribution in [1.29, 1.82) is 0 Å². The first-order valence-electron chi connectivity index (χ1n) is 9.09. The van der Waals surface area contributed by atoms with E-state index in [4.69, 9.17) is 9.47 Å². The lowest BCUT2D eigenvalue weighted by Crippen LogP contribution is -2.44. The van der Waals surface area contributed by atoms with E-state index >= 15 is 0 Å². The fourth-order valence-corrected chi connectivity index (χ4v) is 3.85. The maximum absolute atomic E-state index is 12.3. The number of aliphatic hydroxyl groups is 1. The molecule has 6 heteroatoms. The molecule has 1 N–H and O–H groups in total.